The van der Waals surface area contributed by atoms with Crippen LogP contribution in [0.2, 0.25) is 0 Å². The second-order valence-electron chi connectivity index (χ2n) is 3.49. The molecule has 0 radical (unpaired) electrons. The van der Waals surface area contributed by atoms with Crippen LogP contribution in [0.4, 0.5) is 11.5 Å². The Hall–Kier alpha value is -1.73. The summed E-state index contributed by atoms with van der Waals surface area (Å²) in [6.07, 6.45) is 1.47. The number of aliphatic hydroxyl groups is 2. The number of aryl methyl sites for hydroxylation is 1. The number of hydrogen-bond acceptors (Lipinski definition) is 6. The molecule has 7 nitrogen and oxygen atoms in total. The first-order valence-corrected chi connectivity index (χ1v) is 5.18. The smallest absolute Gasteiger partial charge is 0.314 e. The van der Waals surface area contributed by atoms with Crippen molar-refractivity contribution in [3.05, 3.63) is 27.9 Å². The second kappa shape index (κ2) is 6.12. The summed E-state index contributed by atoms with van der Waals surface area (Å²) in [6, 6.07) is 1.55. The second-order valence-corrected chi connectivity index (χ2v) is 3.49. The SMILES string of the molecule is Cc1ccnc(N(CCO)CCO)c1[N+](=O)[O-]. The van der Waals surface area contributed by atoms with Gasteiger partial charge in [0.05, 0.1) is 18.1 Å². The third-order valence-corrected chi connectivity index (χ3v) is 2.33. The molecule has 0 aliphatic carbocycles. The highest BCUT2D eigenvalue weighted by atomic mass is 16.6. The van der Waals surface area contributed by atoms with E-state index < -0.39 is 4.92 Å². The molecule has 1 rings (SSSR count). The Morgan fingerprint density at radius 3 is 2.47 bits per heavy atom. The van der Waals surface area contributed by atoms with E-state index in [4.69, 9.17) is 10.2 Å². The monoisotopic (exact) mass is 241 g/mol. The summed E-state index contributed by atoms with van der Waals surface area (Å²) < 4.78 is 0. The quantitative estimate of drug-likeness (QED) is 0.541. The molecule has 1 heterocycles. The summed E-state index contributed by atoms with van der Waals surface area (Å²) in [6.45, 7) is 1.69. The molecule has 0 bridgehead atoms. The van der Waals surface area contributed by atoms with Gasteiger partial charge >= 0.3 is 5.69 Å². The zero-order valence-corrected chi connectivity index (χ0v) is 9.54. The van der Waals surface area contributed by atoms with Gasteiger partial charge in [-0.3, -0.25) is 10.1 Å². The third kappa shape index (κ3) is 3.11. The van der Waals surface area contributed by atoms with Crippen molar-refractivity contribution in [1.82, 2.24) is 4.98 Å². The minimum atomic E-state index is -0.501. The maximum absolute atomic E-state index is 11.0. The van der Waals surface area contributed by atoms with Crippen molar-refractivity contribution in [2.75, 3.05) is 31.2 Å². The van der Waals surface area contributed by atoms with Crippen LogP contribution in [0.25, 0.3) is 0 Å². The fourth-order valence-corrected chi connectivity index (χ4v) is 1.56. The van der Waals surface area contributed by atoms with Crippen LogP contribution >= 0.6 is 0 Å². The van der Waals surface area contributed by atoms with E-state index in [1.54, 1.807) is 13.0 Å². The normalized spacial score (nSPS) is 10.3. The van der Waals surface area contributed by atoms with Crippen LogP contribution in [0, 0.1) is 17.0 Å². The van der Waals surface area contributed by atoms with Crippen molar-refractivity contribution in [3.63, 3.8) is 0 Å². The van der Waals surface area contributed by atoms with Gasteiger partial charge in [-0.15, -0.1) is 0 Å². The van der Waals surface area contributed by atoms with Crippen LogP contribution in [0.1, 0.15) is 5.56 Å². The lowest BCUT2D eigenvalue weighted by Crippen LogP contribution is -2.31. The Balaban J connectivity index is 3.17. The summed E-state index contributed by atoms with van der Waals surface area (Å²) in [4.78, 5) is 15.9. The molecule has 1 aromatic heterocycles. The topological polar surface area (TPSA) is 99.7 Å². The number of aliphatic hydroxyl groups excluding tert-OH is 2. The molecule has 0 aromatic carbocycles. The third-order valence-electron chi connectivity index (χ3n) is 2.33. The molecule has 0 saturated heterocycles. The molecule has 1 aromatic rings. The minimum absolute atomic E-state index is 0.0885. The van der Waals surface area contributed by atoms with Gasteiger partial charge in [0.1, 0.15) is 0 Å². The first-order chi connectivity index (χ1) is 8.11. The summed E-state index contributed by atoms with van der Waals surface area (Å²) in [5.74, 6) is 0.179. The molecule has 0 aliphatic heterocycles. The molecule has 0 atom stereocenters. The molecular formula is C10H15N3O4. The van der Waals surface area contributed by atoms with E-state index >= 15 is 0 Å². The fraction of sp³-hybridized carbons (Fsp3) is 0.500. The van der Waals surface area contributed by atoms with E-state index in [-0.39, 0.29) is 37.8 Å². The number of nitro groups is 1. The van der Waals surface area contributed by atoms with Crippen LogP contribution in [0.15, 0.2) is 12.3 Å². The number of pyridine rings is 1. The molecule has 17 heavy (non-hydrogen) atoms. The van der Waals surface area contributed by atoms with Crippen LogP contribution in [0.5, 0.6) is 0 Å². The van der Waals surface area contributed by atoms with Crippen molar-refractivity contribution >= 4 is 11.5 Å². The average Bonchev–Trinajstić information content (AvgIpc) is 2.28. The highest BCUT2D eigenvalue weighted by Gasteiger charge is 2.22. The molecule has 0 saturated carbocycles. The zero-order valence-electron chi connectivity index (χ0n) is 9.54. The molecular weight excluding hydrogens is 226 g/mol. The molecule has 94 valence electrons. The van der Waals surface area contributed by atoms with Gasteiger partial charge < -0.3 is 15.1 Å². The van der Waals surface area contributed by atoms with Crippen LogP contribution in [-0.2, 0) is 0 Å². The largest absolute Gasteiger partial charge is 0.395 e. The van der Waals surface area contributed by atoms with Crippen molar-refractivity contribution in [1.29, 1.82) is 0 Å². The Bertz CT molecular complexity index is 391. The minimum Gasteiger partial charge on any atom is -0.395 e. The summed E-state index contributed by atoms with van der Waals surface area (Å²) in [5, 5.41) is 28.8. The van der Waals surface area contributed by atoms with Gasteiger partial charge in [-0.1, -0.05) is 0 Å². The van der Waals surface area contributed by atoms with E-state index in [9.17, 15) is 10.1 Å². The van der Waals surface area contributed by atoms with Gasteiger partial charge in [0, 0.05) is 24.8 Å². The highest BCUT2D eigenvalue weighted by Crippen LogP contribution is 2.28. The maximum Gasteiger partial charge on any atom is 0.314 e. The van der Waals surface area contributed by atoms with E-state index in [2.05, 4.69) is 4.98 Å². The molecule has 0 unspecified atom stereocenters. The molecule has 0 fully saturated rings. The standard InChI is InChI=1S/C10H15N3O4/c1-8-2-3-11-10(9(8)13(16)17)12(4-6-14)5-7-15/h2-3,14-15H,4-7H2,1H3. The van der Waals surface area contributed by atoms with E-state index in [1.807, 2.05) is 0 Å². The predicted molar refractivity (Wildman–Crippen MR) is 62.0 cm³/mol. The molecule has 0 spiro atoms. The lowest BCUT2D eigenvalue weighted by molar-refractivity contribution is -0.384. The van der Waals surface area contributed by atoms with E-state index in [0.29, 0.717) is 5.56 Å². The first kappa shape index (κ1) is 13.3. The van der Waals surface area contributed by atoms with Crippen LogP contribution < -0.4 is 4.90 Å². The summed E-state index contributed by atoms with van der Waals surface area (Å²) in [7, 11) is 0. The number of aromatic nitrogens is 1. The Kier molecular flexibility index (Phi) is 4.80. The van der Waals surface area contributed by atoms with Crippen molar-refractivity contribution < 1.29 is 15.1 Å². The van der Waals surface area contributed by atoms with Crippen molar-refractivity contribution in [2.45, 2.75) is 6.92 Å². The molecule has 0 aliphatic rings. The van der Waals surface area contributed by atoms with Gasteiger partial charge in [-0.2, -0.15) is 0 Å². The Labute approximate surface area is 98.5 Å². The van der Waals surface area contributed by atoms with Gasteiger partial charge in [0.2, 0.25) is 5.82 Å². The highest BCUT2D eigenvalue weighted by molar-refractivity contribution is 5.61. The number of anilines is 1. The van der Waals surface area contributed by atoms with Gasteiger partial charge in [0.25, 0.3) is 0 Å². The predicted octanol–water partition coefficient (Wildman–Crippen LogP) is 0.0892. The number of hydrogen-bond donors (Lipinski definition) is 2. The Morgan fingerprint density at radius 1 is 1.41 bits per heavy atom. The molecule has 2 N–H and O–H groups in total. The molecule has 7 heteroatoms. The fourth-order valence-electron chi connectivity index (χ4n) is 1.56. The zero-order chi connectivity index (χ0) is 12.8. The van der Waals surface area contributed by atoms with Gasteiger partial charge in [0.15, 0.2) is 0 Å². The van der Waals surface area contributed by atoms with Crippen LogP contribution in [-0.4, -0.2) is 46.4 Å². The van der Waals surface area contributed by atoms with Crippen molar-refractivity contribution in [3.8, 4) is 0 Å². The average molecular weight is 241 g/mol. The molecule has 0 amide bonds. The van der Waals surface area contributed by atoms with Gasteiger partial charge in [-0.05, 0) is 13.0 Å². The summed E-state index contributed by atoms with van der Waals surface area (Å²) >= 11 is 0. The van der Waals surface area contributed by atoms with E-state index in [1.165, 1.54) is 11.1 Å². The first-order valence-electron chi connectivity index (χ1n) is 5.18. The lowest BCUT2D eigenvalue weighted by atomic mass is 10.2. The summed E-state index contributed by atoms with van der Waals surface area (Å²) in [5.41, 5.74) is 0.412. The maximum atomic E-state index is 11.0. The Morgan fingerprint density at radius 2 is 2.00 bits per heavy atom. The van der Waals surface area contributed by atoms with Crippen LogP contribution in [0.3, 0.4) is 0 Å². The lowest BCUT2D eigenvalue weighted by Gasteiger charge is -2.21. The number of rotatable bonds is 6. The van der Waals surface area contributed by atoms with E-state index in [0.717, 1.165) is 0 Å². The number of nitrogens with zero attached hydrogens (tertiary/aromatic N) is 3. The van der Waals surface area contributed by atoms with Crippen molar-refractivity contribution in [2.24, 2.45) is 0 Å². The van der Waals surface area contributed by atoms with Gasteiger partial charge in [-0.25, -0.2) is 4.98 Å².